The predicted molar refractivity (Wildman–Crippen MR) is 45.6 cm³/mol. The van der Waals surface area contributed by atoms with Crippen LogP contribution in [0.4, 0.5) is 4.39 Å². The second-order valence-corrected chi connectivity index (χ2v) is 4.31. The first kappa shape index (κ1) is 9.49. The van der Waals surface area contributed by atoms with Crippen LogP contribution in [-0.4, -0.2) is 29.1 Å². The number of carbonyl (C=O) groups is 1. The molecule has 2 nitrogen and oxygen atoms in total. The molecule has 0 saturated carbocycles. The molecule has 1 aliphatic heterocycles. The van der Waals surface area contributed by atoms with Gasteiger partial charge >= 0.3 is 0 Å². The SMILES string of the molecule is CC(C)(C)N1CC[C@H](F)CC1=O. The first-order chi connectivity index (χ1) is 5.41. The number of halogens is 1. The smallest absolute Gasteiger partial charge is 0.225 e. The van der Waals surface area contributed by atoms with Gasteiger partial charge < -0.3 is 4.90 Å². The zero-order chi connectivity index (χ0) is 9.35. The molecule has 0 N–H and O–H groups in total. The number of alkyl halides is 1. The van der Waals surface area contributed by atoms with Crippen molar-refractivity contribution in [1.29, 1.82) is 0 Å². The molecule has 0 spiro atoms. The summed E-state index contributed by atoms with van der Waals surface area (Å²) in [6.45, 7) is 6.49. The lowest BCUT2D eigenvalue weighted by atomic mass is 10.00. The molecule has 0 aromatic heterocycles. The van der Waals surface area contributed by atoms with E-state index in [2.05, 4.69) is 0 Å². The van der Waals surface area contributed by atoms with Crippen molar-refractivity contribution in [2.24, 2.45) is 0 Å². The zero-order valence-corrected chi connectivity index (χ0v) is 7.93. The van der Waals surface area contributed by atoms with Crippen LogP contribution in [0.3, 0.4) is 0 Å². The van der Waals surface area contributed by atoms with Gasteiger partial charge in [0, 0.05) is 12.1 Å². The molecule has 1 amide bonds. The molecule has 1 rings (SSSR count). The van der Waals surface area contributed by atoms with Gasteiger partial charge in [0.25, 0.3) is 0 Å². The molecule has 0 bridgehead atoms. The Hall–Kier alpha value is -0.600. The molecule has 0 aromatic carbocycles. The van der Waals surface area contributed by atoms with Crippen LogP contribution in [-0.2, 0) is 4.79 Å². The van der Waals surface area contributed by atoms with E-state index in [-0.39, 0.29) is 17.9 Å². The van der Waals surface area contributed by atoms with Crippen LogP contribution in [0.5, 0.6) is 0 Å². The Morgan fingerprint density at radius 2 is 2.08 bits per heavy atom. The Bertz CT molecular complexity index is 185. The lowest BCUT2D eigenvalue weighted by Crippen LogP contribution is -2.50. The largest absolute Gasteiger partial charge is 0.338 e. The van der Waals surface area contributed by atoms with Gasteiger partial charge in [0.05, 0.1) is 6.42 Å². The summed E-state index contributed by atoms with van der Waals surface area (Å²) in [5, 5.41) is 0. The van der Waals surface area contributed by atoms with E-state index in [1.807, 2.05) is 20.8 Å². The number of nitrogens with zero attached hydrogens (tertiary/aromatic N) is 1. The molecule has 0 radical (unpaired) electrons. The van der Waals surface area contributed by atoms with E-state index < -0.39 is 6.17 Å². The molecule has 0 aliphatic carbocycles. The Balaban J connectivity index is 2.63. The fraction of sp³-hybridized carbons (Fsp3) is 0.889. The van der Waals surface area contributed by atoms with Crippen LogP contribution >= 0.6 is 0 Å². The Kier molecular flexibility index (Phi) is 2.40. The lowest BCUT2D eigenvalue weighted by molar-refractivity contribution is -0.140. The van der Waals surface area contributed by atoms with Gasteiger partial charge in [-0.05, 0) is 27.2 Å². The summed E-state index contributed by atoms with van der Waals surface area (Å²) in [7, 11) is 0. The fourth-order valence-corrected chi connectivity index (χ4v) is 1.51. The van der Waals surface area contributed by atoms with Gasteiger partial charge in [-0.2, -0.15) is 0 Å². The summed E-state index contributed by atoms with van der Waals surface area (Å²) in [4.78, 5) is 13.1. The van der Waals surface area contributed by atoms with Gasteiger partial charge in [0.1, 0.15) is 6.17 Å². The standard InChI is InChI=1S/C9H16FNO/c1-9(2,3)11-5-4-7(10)6-8(11)12/h7H,4-6H2,1-3H3/t7-/m0/s1. The topological polar surface area (TPSA) is 20.3 Å². The quantitative estimate of drug-likeness (QED) is 0.546. The third-order valence-electron chi connectivity index (χ3n) is 2.17. The van der Waals surface area contributed by atoms with Gasteiger partial charge in [0.2, 0.25) is 5.91 Å². The van der Waals surface area contributed by atoms with Crippen LogP contribution in [0, 0.1) is 0 Å². The Morgan fingerprint density at radius 3 is 2.50 bits per heavy atom. The van der Waals surface area contributed by atoms with Crippen molar-refractivity contribution in [3.8, 4) is 0 Å². The number of piperidine rings is 1. The van der Waals surface area contributed by atoms with Crippen molar-refractivity contribution in [2.45, 2.75) is 45.3 Å². The maximum Gasteiger partial charge on any atom is 0.225 e. The Labute approximate surface area is 72.7 Å². The highest BCUT2D eigenvalue weighted by atomic mass is 19.1. The van der Waals surface area contributed by atoms with Crippen molar-refractivity contribution in [2.75, 3.05) is 6.54 Å². The average molecular weight is 173 g/mol. The van der Waals surface area contributed by atoms with Crippen LogP contribution in [0.25, 0.3) is 0 Å². The monoisotopic (exact) mass is 173 g/mol. The molecule has 0 unspecified atom stereocenters. The van der Waals surface area contributed by atoms with E-state index in [1.165, 1.54) is 0 Å². The summed E-state index contributed by atoms with van der Waals surface area (Å²) in [6, 6.07) is 0. The van der Waals surface area contributed by atoms with E-state index in [0.29, 0.717) is 13.0 Å². The number of hydrogen-bond donors (Lipinski definition) is 0. The van der Waals surface area contributed by atoms with Crippen molar-refractivity contribution in [3.05, 3.63) is 0 Å². The number of rotatable bonds is 0. The van der Waals surface area contributed by atoms with Gasteiger partial charge in [-0.1, -0.05) is 0 Å². The van der Waals surface area contributed by atoms with Crippen molar-refractivity contribution >= 4 is 5.91 Å². The molecule has 1 heterocycles. The van der Waals surface area contributed by atoms with Crippen LogP contribution in [0.15, 0.2) is 0 Å². The van der Waals surface area contributed by atoms with E-state index >= 15 is 0 Å². The van der Waals surface area contributed by atoms with E-state index in [4.69, 9.17) is 0 Å². The molecule has 1 saturated heterocycles. The highest BCUT2D eigenvalue weighted by Gasteiger charge is 2.32. The summed E-state index contributed by atoms with van der Waals surface area (Å²) in [6.07, 6.45) is -0.364. The van der Waals surface area contributed by atoms with E-state index in [9.17, 15) is 9.18 Å². The van der Waals surface area contributed by atoms with E-state index in [0.717, 1.165) is 0 Å². The zero-order valence-electron chi connectivity index (χ0n) is 7.93. The number of likely N-dealkylation sites (tertiary alicyclic amines) is 1. The highest BCUT2D eigenvalue weighted by molar-refractivity contribution is 5.78. The highest BCUT2D eigenvalue weighted by Crippen LogP contribution is 2.22. The van der Waals surface area contributed by atoms with Crippen molar-refractivity contribution in [3.63, 3.8) is 0 Å². The fourth-order valence-electron chi connectivity index (χ4n) is 1.51. The second-order valence-electron chi connectivity index (χ2n) is 4.31. The third kappa shape index (κ3) is 1.96. The molecule has 0 aromatic rings. The van der Waals surface area contributed by atoms with Crippen molar-refractivity contribution in [1.82, 2.24) is 4.90 Å². The first-order valence-corrected chi connectivity index (χ1v) is 4.36. The molecule has 1 fully saturated rings. The molecule has 70 valence electrons. The molecule has 12 heavy (non-hydrogen) atoms. The minimum Gasteiger partial charge on any atom is -0.338 e. The summed E-state index contributed by atoms with van der Waals surface area (Å²) in [5.41, 5.74) is -0.156. The van der Waals surface area contributed by atoms with Crippen LogP contribution in [0.1, 0.15) is 33.6 Å². The lowest BCUT2D eigenvalue weighted by Gasteiger charge is -2.39. The summed E-state index contributed by atoms with van der Waals surface area (Å²) in [5.74, 6) is -0.0544. The molecular weight excluding hydrogens is 157 g/mol. The molecular formula is C9H16FNO. The second kappa shape index (κ2) is 3.04. The Morgan fingerprint density at radius 1 is 1.50 bits per heavy atom. The molecule has 1 atom stereocenters. The van der Waals surface area contributed by atoms with Gasteiger partial charge in [-0.25, -0.2) is 4.39 Å². The van der Waals surface area contributed by atoms with Gasteiger partial charge in [0.15, 0.2) is 0 Å². The summed E-state index contributed by atoms with van der Waals surface area (Å²) < 4.78 is 12.7. The average Bonchev–Trinajstić information content (AvgIpc) is 1.83. The normalized spacial score (nSPS) is 26.2. The minimum atomic E-state index is -0.920. The first-order valence-electron chi connectivity index (χ1n) is 4.36. The van der Waals surface area contributed by atoms with Gasteiger partial charge in [-0.3, -0.25) is 4.79 Å². The number of carbonyl (C=O) groups excluding carboxylic acids is 1. The minimum absolute atomic E-state index is 0.0544. The molecule has 3 heteroatoms. The maximum absolute atomic E-state index is 12.7. The van der Waals surface area contributed by atoms with Crippen LogP contribution in [0.2, 0.25) is 0 Å². The third-order valence-corrected chi connectivity index (χ3v) is 2.17. The number of amides is 1. The summed E-state index contributed by atoms with van der Waals surface area (Å²) >= 11 is 0. The maximum atomic E-state index is 12.7. The number of hydrogen-bond acceptors (Lipinski definition) is 1. The molecule has 1 aliphatic rings. The van der Waals surface area contributed by atoms with E-state index in [1.54, 1.807) is 4.90 Å². The van der Waals surface area contributed by atoms with Gasteiger partial charge in [-0.15, -0.1) is 0 Å². The predicted octanol–water partition coefficient (Wildman–Crippen LogP) is 1.75. The van der Waals surface area contributed by atoms with Crippen molar-refractivity contribution < 1.29 is 9.18 Å². The van der Waals surface area contributed by atoms with Crippen LogP contribution < -0.4 is 0 Å².